The van der Waals surface area contributed by atoms with Crippen molar-refractivity contribution >= 4 is 11.8 Å². The molecule has 0 spiro atoms. The molecule has 0 saturated heterocycles. The molecular weight excluding hydrogens is 330 g/mol. The van der Waals surface area contributed by atoms with E-state index in [1.54, 1.807) is 7.11 Å². The largest absolute Gasteiger partial charge is 0.459 e. The van der Waals surface area contributed by atoms with Gasteiger partial charge in [0.1, 0.15) is 16.7 Å². The van der Waals surface area contributed by atoms with E-state index in [0.717, 1.165) is 19.3 Å². The average Bonchev–Trinajstić information content (AvgIpc) is 3.05. The predicted molar refractivity (Wildman–Crippen MR) is 104 cm³/mol. The fourth-order valence-electron chi connectivity index (χ4n) is 3.77. The number of nitrogens with one attached hydrogen (secondary N) is 1. The van der Waals surface area contributed by atoms with Crippen LogP contribution in [-0.4, -0.2) is 41.6 Å². The standard InChI is InChI=1S/C21H39NO4/c1-9-20(7,25-8)17(23)15-12-13-16(14-15)22-21(10-2,11-3)18(24)26-19(4,5)6/h15-16,22H,9-14H2,1-8H3/t15-,16-,20?/m0/s1. The van der Waals surface area contributed by atoms with E-state index < -0.39 is 16.7 Å². The maximum atomic E-state index is 12.9. The fraction of sp³-hybridized carbons (Fsp3) is 0.905. The highest BCUT2D eigenvalue weighted by atomic mass is 16.6. The van der Waals surface area contributed by atoms with Crippen molar-refractivity contribution < 1.29 is 19.1 Å². The smallest absolute Gasteiger partial charge is 0.326 e. The van der Waals surface area contributed by atoms with Crippen LogP contribution in [0.2, 0.25) is 0 Å². The van der Waals surface area contributed by atoms with E-state index in [4.69, 9.17) is 9.47 Å². The van der Waals surface area contributed by atoms with Gasteiger partial charge >= 0.3 is 5.97 Å². The summed E-state index contributed by atoms with van der Waals surface area (Å²) < 4.78 is 11.2. The zero-order valence-corrected chi connectivity index (χ0v) is 18.0. The predicted octanol–water partition coefficient (Wildman–Crippen LogP) is 4.03. The summed E-state index contributed by atoms with van der Waals surface area (Å²) in [5.74, 6) is -0.0230. The van der Waals surface area contributed by atoms with Crippen LogP contribution in [0.4, 0.5) is 0 Å². The Kier molecular flexibility index (Phi) is 7.85. The van der Waals surface area contributed by atoms with Gasteiger partial charge in [-0.1, -0.05) is 20.8 Å². The van der Waals surface area contributed by atoms with Crippen molar-refractivity contribution in [3.8, 4) is 0 Å². The first kappa shape index (κ1) is 23.1. The highest BCUT2D eigenvalue weighted by Gasteiger charge is 2.44. The molecule has 1 fully saturated rings. The van der Waals surface area contributed by atoms with Gasteiger partial charge < -0.3 is 9.47 Å². The van der Waals surface area contributed by atoms with Crippen molar-refractivity contribution in [1.29, 1.82) is 0 Å². The maximum absolute atomic E-state index is 12.9. The van der Waals surface area contributed by atoms with Crippen LogP contribution in [0.15, 0.2) is 0 Å². The Balaban J connectivity index is 2.84. The van der Waals surface area contributed by atoms with Gasteiger partial charge in [0.15, 0.2) is 5.78 Å². The number of carbonyl (C=O) groups excluding carboxylic acids is 2. The van der Waals surface area contributed by atoms with Crippen LogP contribution < -0.4 is 5.32 Å². The molecule has 1 N–H and O–H groups in total. The number of esters is 1. The third-order valence-corrected chi connectivity index (χ3v) is 5.93. The van der Waals surface area contributed by atoms with E-state index in [1.165, 1.54) is 0 Å². The number of hydrogen-bond donors (Lipinski definition) is 1. The summed E-state index contributed by atoms with van der Waals surface area (Å²) in [5, 5.41) is 3.56. The van der Waals surface area contributed by atoms with E-state index in [9.17, 15) is 9.59 Å². The molecule has 0 aromatic heterocycles. The van der Waals surface area contributed by atoms with Crippen LogP contribution in [0, 0.1) is 5.92 Å². The van der Waals surface area contributed by atoms with Gasteiger partial charge in [-0.25, -0.2) is 0 Å². The monoisotopic (exact) mass is 369 g/mol. The minimum absolute atomic E-state index is 0.0116. The van der Waals surface area contributed by atoms with E-state index in [-0.39, 0.29) is 23.7 Å². The van der Waals surface area contributed by atoms with E-state index in [2.05, 4.69) is 5.32 Å². The summed E-state index contributed by atoms with van der Waals surface area (Å²) in [7, 11) is 1.60. The van der Waals surface area contributed by atoms with Gasteiger partial charge in [-0.15, -0.1) is 0 Å². The zero-order valence-electron chi connectivity index (χ0n) is 18.0. The van der Waals surface area contributed by atoms with Crippen molar-refractivity contribution in [2.45, 2.75) is 110 Å². The van der Waals surface area contributed by atoms with Crippen molar-refractivity contribution in [1.82, 2.24) is 5.32 Å². The second-order valence-electron chi connectivity index (χ2n) is 8.80. The van der Waals surface area contributed by atoms with Crippen molar-refractivity contribution in [2.75, 3.05) is 7.11 Å². The Hall–Kier alpha value is -0.940. The maximum Gasteiger partial charge on any atom is 0.326 e. The molecule has 5 nitrogen and oxygen atoms in total. The van der Waals surface area contributed by atoms with E-state index in [1.807, 2.05) is 48.5 Å². The summed E-state index contributed by atoms with van der Waals surface area (Å²) in [6.45, 7) is 13.5. The number of rotatable bonds is 9. The fourth-order valence-corrected chi connectivity index (χ4v) is 3.77. The third kappa shape index (κ3) is 5.29. The van der Waals surface area contributed by atoms with E-state index in [0.29, 0.717) is 19.3 Å². The summed E-state index contributed by atoms with van der Waals surface area (Å²) >= 11 is 0. The normalized spacial score (nSPS) is 23.5. The molecule has 3 atom stereocenters. The van der Waals surface area contributed by atoms with Crippen molar-refractivity contribution in [3.63, 3.8) is 0 Å². The third-order valence-electron chi connectivity index (χ3n) is 5.93. The SMILES string of the molecule is CCC(CC)(N[C@H]1CC[C@H](C(=O)C(C)(CC)OC)C1)C(=O)OC(C)(C)C. The first-order chi connectivity index (χ1) is 12.0. The minimum Gasteiger partial charge on any atom is -0.459 e. The van der Waals surface area contributed by atoms with Crippen LogP contribution in [0.5, 0.6) is 0 Å². The number of methoxy groups -OCH3 is 1. The molecular formula is C21H39NO4. The topological polar surface area (TPSA) is 64.6 Å². The van der Waals surface area contributed by atoms with Gasteiger partial charge in [0.2, 0.25) is 0 Å². The Morgan fingerprint density at radius 1 is 1.00 bits per heavy atom. The van der Waals surface area contributed by atoms with Crippen LogP contribution in [0.1, 0.15) is 87.0 Å². The molecule has 0 bridgehead atoms. The van der Waals surface area contributed by atoms with Crippen LogP contribution >= 0.6 is 0 Å². The van der Waals surface area contributed by atoms with Gasteiger partial charge in [0.05, 0.1) is 0 Å². The number of ketones is 1. The van der Waals surface area contributed by atoms with Crippen molar-refractivity contribution in [3.05, 3.63) is 0 Å². The molecule has 1 aliphatic rings. The molecule has 0 aliphatic heterocycles. The summed E-state index contributed by atoms with van der Waals surface area (Å²) in [5.41, 5.74) is -1.91. The lowest BCUT2D eigenvalue weighted by atomic mass is 9.86. The molecule has 0 aromatic rings. The van der Waals surface area contributed by atoms with E-state index >= 15 is 0 Å². The first-order valence-electron chi connectivity index (χ1n) is 10.1. The first-order valence-corrected chi connectivity index (χ1v) is 10.1. The van der Waals surface area contributed by atoms with Crippen molar-refractivity contribution in [2.24, 2.45) is 5.92 Å². The molecule has 0 heterocycles. The Morgan fingerprint density at radius 3 is 2.00 bits per heavy atom. The highest BCUT2D eigenvalue weighted by molar-refractivity contribution is 5.89. The number of Topliss-reactive ketones (excluding diaryl/α,β-unsaturated/α-hetero) is 1. The second kappa shape index (κ2) is 8.83. The van der Waals surface area contributed by atoms with Gasteiger partial charge in [-0.2, -0.15) is 0 Å². The molecule has 1 saturated carbocycles. The van der Waals surface area contributed by atoms with Gasteiger partial charge in [-0.05, 0) is 66.2 Å². The average molecular weight is 370 g/mol. The van der Waals surface area contributed by atoms with Crippen LogP contribution in [0.25, 0.3) is 0 Å². The summed E-state index contributed by atoms with van der Waals surface area (Å²) in [4.78, 5) is 25.7. The van der Waals surface area contributed by atoms with Crippen LogP contribution in [0.3, 0.4) is 0 Å². The molecule has 1 aliphatic carbocycles. The molecule has 1 rings (SSSR count). The quantitative estimate of drug-likeness (QED) is 0.622. The number of ether oxygens (including phenoxy) is 2. The lowest BCUT2D eigenvalue weighted by Gasteiger charge is -2.36. The number of carbonyl (C=O) groups is 2. The Bertz CT molecular complexity index is 487. The van der Waals surface area contributed by atoms with Gasteiger partial charge in [0, 0.05) is 19.1 Å². The molecule has 152 valence electrons. The summed E-state index contributed by atoms with van der Waals surface area (Å²) in [6, 6.07) is 0.148. The molecule has 0 radical (unpaired) electrons. The Morgan fingerprint density at radius 2 is 1.58 bits per heavy atom. The number of hydrogen-bond acceptors (Lipinski definition) is 5. The minimum atomic E-state index is -0.711. The molecule has 0 aromatic carbocycles. The second-order valence-corrected chi connectivity index (χ2v) is 8.80. The Labute approximate surface area is 159 Å². The van der Waals surface area contributed by atoms with Crippen LogP contribution in [-0.2, 0) is 19.1 Å². The van der Waals surface area contributed by atoms with Gasteiger partial charge in [0.25, 0.3) is 0 Å². The lowest BCUT2D eigenvalue weighted by Crippen LogP contribution is -2.56. The molecule has 26 heavy (non-hydrogen) atoms. The molecule has 0 amide bonds. The molecule has 5 heteroatoms. The zero-order chi connectivity index (χ0) is 20.2. The van der Waals surface area contributed by atoms with Gasteiger partial charge in [-0.3, -0.25) is 14.9 Å². The lowest BCUT2D eigenvalue weighted by molar-refractivity contribution is -0.164. The summed E-state index contributed by atoms with van der Waals surface area (Å²) in [6.07, 6.45) is 4.49. The molecule has 1 unspecified atom stereocenters. The highest BCUT2D eigenvalue weighted by Crippen LogP contribution is 2.34.